The van der Waals surface area contributed by atoms with Crippen LogP contribution in [0.5, 0.6) is 0 Å². The molecular weight excluding hydrogens is 128 g/mol. The maximum Gasteiger partial charge on any atom is 0.221 e. The molecule has 1 amide bonds. The Balaban J connectivity index is 3.75. The van der Waals surface area contributed by atoms with Crippen LogP contribution in [-0.2, 0) is 4.79 Å². The number of allylic oxidation sites excluding steroid dienone is 1. The lowest BCUT2D eigenvalue weighted by Crippen LogP contribution is -2.18. The standard InChI is InChI=1S/C7H10N2O/c1-4-8-5-6(2)9-7(3)10/h4-5H,1-2H2,3H3,(H,9,10). The number of carbonyl (C=O) groups is 1. The molecule has 0 saturated carbocycles. The Morgan fingerprint density at radius 1 is 1.70 bits per heavy atom. The second kappa shape index (κ2) is 4.49. The highest BCUT2D eigenvalue weighted by molar-refractivity contribution is 5.86. The van der Waals surface area contributed by atoms with Gasteiger partial charge in [-0.15, -0.1) is 0 Å². The van der Waals surface area contributed by atoms with Crippen LogP contribution >= 0.6 is 0 Å². The summed E-state index contributed by atoms with van der Waals surface area (Å²) in [6.07, 6.45) is 2.79. The van der Waals surface area contributed by atoms with Crippen LogP contribution in [0, 0.1) is 0 Å². The molecule has 0 aromatic carbocycles. The largest absolute Gasteiger partial charge is 0.325 e. The van der Waals surface area contributed by atoms with Crippen molar-refractivity contribution in [1.82, 2.24) is 5.32 Å². The van der Waals surface area contributed by atoms with Crippen molar-refractivity contribution < 1.29 is 4.79 Å². The molecule has 0 aliphatic carbocycles. The number of aliphatic imine (C=N–C) groups is 1. The Morgan fingerprint density at radius 3 is 2.70 bits per heavy atom. The predicted molar refractivity (Wildman–Crippen MR) is 41.6 cm³/mol. The highest BCUT2D eigenvalue weighted by Gasteiger charge is 1.89. The van der Waals surface area contributed by atoms with Crippen LogP contribution < -0.4 is 5.32 Å². The summed E-state index contributed by atoms with van der Waals surface area (Å²) in [5.41, 5.74) is 0.465. The van der Waals surface area contributed by atoms with Gasteiger partial charge in [-0.3, -0.25) is 9.79 Å². The molecule has 3 nitrogen and oxygen atoms in total. The molecule has 0 bridgehead atoms. The maximum atomic E-state index is 10.4. The van der Waals surface area contributed by atoms with Gasteiger partial charge in [0.25, 0.3) is 0 Å². The fourth-order valence-electron chi connectivity index (χ4n) is 0.401. The van der Waals surface area contributed by atoms with Gasteiger partial charge in [0.05, 0.1) is 5.70 Å². The zero-order chi connectivity index (χ0) is 7.98. The third-order valence-corrected chi connectivity index (χ3v) is 0.672. The molecule has 0 heterocycles. The third-order valence-electron chi connectivity index (χ3n) is 0.672. The average Bonchev–Trinajstić information content (AvgIpc) is 1.82. The fourth-order valence-corrected chi connectivity index (χ4v) is 0.401. The average molecular weight is 138 g/mol. The first kappa shape index (κ1) is 8.62. The highest BCUT2D eigenvalue weighted by Crippen LogP contribution is 1.78. The van der Waals surface area contributed by atoms with Crippen molar-refractivity contribution >= 4 is 12.1 Å². The molecule has 1 N–H and O–H groups in total. The molecule has 0 saturated heterocycles. The van der Waals surface area contributed by atoms with Crippen molar-refractivity contribution in [2.24, 2.45) is 4.99 Å². The van der Waals surface area contributed by atoms with Crippen LogP contribution in [0.25, 0.3) is 0 Å². The normalized spacial score (nSPS) is 9.30. The minimum Gasteiger partial charge on any atom is -0.325 e. The molecule has 0 unspecified atom stereocenters. The van der Waals surface area contributed by atoms with Gasteiger partial charge in [-0.25, -0.2) is 0 Å². The molecule has 0 fully saturated rings. The van der Waals surface area contributed by atoms with Crippen LogP contribution in [0.2, 0.25) is 0 Å². The minimum absolute atomic E-state index is 0.152. The van der Waals surface area contributed by atoms with E-state index < -0.39 is 0 Å². The summed E-state index contributed by atoms with van der Waals surface area (Å²) in [6, 6.07) is 0. The summed E-state index contributed by atoms with van der Waals surface area (Å²) >= 11 is 0. The van der Waals surface area contributed by atoms with E-state index in [9.17, 15) is 4.79 Å². The quantitative estimate of drug-likeness (QED) is 0.577. The van der Waals surface area contributed by atoms with Crippen LogP contribution in [0.3, 0.4) is 0 Å². The maximum absolute atomic E-state index is 10.4. The van der Waals surface area contributed by atoms with Gasteiger partial charge in [-0.1, -0.05) is 13.2 Å². The molecule has 54 valence electrons. The summed E-state index contributed by atoms with van der Waals surface area (Å²) in [7, 11) is 0. The van der Waals surface area contributed by atoms with E-state index in [1.54, 1.807) is 0 Å². The molecule has 0 aliphatic rings. The zero-order valence-corrected chi connectivity index (χ0v) is 5.92. The van der Waals surface area contributed by atoms with E-state index >= 15 is 0 Å². The Morgan fingerprint density at radius 2 is 2.30 bits per heavy atom. The lowest BCUT2D eigenvalue weighted by Gasteiger charge is -1.96. The van der Waals surface area contributed by atoms with Gasteiger partial charge in [0.15, 0.2) is 0 Å². The molecule has 3 heteroatoms. The van der Waals surface area contributed by atoms with Crippen molar-refractivity contribution in [3.8, 4) is 0 Å². The smallest absolute Gasteiger partial charge is 0.221 e. The number of amides is 1. The van der Waals surface area contributed by atoms with Crippen molar-refractivity contribution in [3.05, 3.63) is 25.1 Å². The molecular formula is C7H10N2O. The second-order valence-corrected chi connectivity index (χ2v) is 1.67. The van der Waals surface area contributed by atoms with E-state index in [1.807, 2.05) is 0 Å². The van der Waals surface area contributed by atoms with Crippen LogP contribution in [0.1, 0.15) is 6.92 Å². The lowest BCUT2D eigenvalue weighted by atomic mass is 10.5. The van der Waals surface area contributed by atoms with E-state index in [2.05, 4.69) is 23.5 Å². The van der Waals surface area contributed by atoms with Crippen molar-refractivity contribution in [2.45, 2.75) is 6.92 Å². The van der Waals surface area contributed by atoms with Crippen molar-refractivity contribution in [3.63, 3.8) is 0 Å². The van der Waals surface area contributed by atoms with Gasteiger partial charge in [0, 0.05) is 19.3 Å². The molecule has 0 aliphatic heterocycles. The van der Waals surface area contributed by atoms with E-state index in [-0.39, 0.29) is 5.91 Å². The summed E-state index contributed by atoms with van der Waals surface area (Å²) in [5.74, 6) is -0.152. The van der Waals surface area contributed by atoms with E-state index in [1.165, 1.54) is 19.3 Å². The Bertz CT molecular complexity index is 182. The number of nitrogens with zero attached hydrogens (tertiary/aromatic N) is 1. The van der Waals surface area contributed by atoms with Crippen LogP contribution in [0.4, 0.5) is 0 Å². The minimum atomic E-state index is -0.152. The molecule has 0 aromatic rings. The molecule has 10 heavy (non-hydrogen) atoms. The molecule has 0 atom stereocenters. The topological polar surface area (TPSA) is 41.5 Å². The van der Waals surface area contributed by atoms with Gasteiger partial charge in [-0.2, -0.15) is 0 Å². The Hall–Kier alpha value is -1.38. The third kappa shape index (κ3) is 4.77. The SMILES string of the molecule is C=CN=CC(=C)NC(C)=O. The molecule has 0 aromatic heterocycles. The van der Waals surface area contributed by atoms with Gasteiger partial charge < -0.3 is 5.32 Å². The molecule has 0 rings (SSSR count). The van der Waals surface area contributed by atoms with Gasteiger partial charge in [-0.05, 0) is 0 Å². The Labute approximate surface area is 60.2 Å². The second-order valence-electron chi connectivity index (χ2n) is 1.67. The molecule has 0 spiro atoms. The first-order valence-electron chi connectivity index (χ1n) is 2.77. The van der Waals surface area contributed by atoms with E-state index in [0.717, 1.165) is 0 Å². The number of rotatable bonds is 3. The molecule has 0 radical (unpaired) electrons. The van der Waals surface area contributed by atoms with Gasteiger partial charge in [0.1, 0.15) is 0 Å². The number of carbonyl (C=O) groups excluding carboxylic acids is 1. The summed E-state index contributed by atoms with van der Waals surface area (Å²) in [6.45, 7) is 8.27. The van der Waals surface area contributed by atoms with Crippen LogP contribution in [0.15, 0.2) is 30.0 Å². The van der Waals surface area contributed by atoms with E-state index in [4.69, 9.17) is 0 Å². The number of nitrogens with one attached hydrogen (secondary N) is 1. The van der Waals surface area contributed by atoms with E-state index in [0.29, 0.717) is 5.70 Å². The number of hydrogen-bond acceptors (Lipinski definition) is 2. The fraction of sp³-hybridized carbons (Fsp3) is 0.143. The summed E-state index contributed by atoms with van der Waals surface area (Å²) in [4.78, 5) is 14.0. The van der Waals surface area contributed by atoms with Crippen molar-refractivity contribution in [1.29, 1.82) is 0 Å². The van der Waals surface area contributed by atoms with Gasteiger partial charge in [0.2, 0.25) is 5.91 Å². The first-order valence-corrected chi connectivity index (χ1v) is 2.77. The monoisotopic (exact) mass is 138 g/mol. The first-order chi connectivity index (χ1) is 4.66. The number of hydrogen-bond donors (Lipinski definition) is 1. The summed E-state index contributed by atoms with van der Waals surface area (Å²) < 4.78 is 0. The predicted octanol–water partition coefficient (Wildman–Crippen LogP) is 0.851. The van der Waals surface area contributed by atoms with Gasteiger partial charge >= 0.3 is 0 Å². The Kier molecular flexibility index (Phi) is 3.87. The lowest BCUT2D eigenvalue weighted by molar-refractivity contribution is -0.118. The highest BCUT2D eigenvalue weighted by atomic mass is 16.1. The van der Waals surface area contributed by atoms with Crippen LogP contribution in [-0.4, -0.2) is 12.1 Å². The zero-order valence-electron chi connectivity index (χ0n) is 5.92. The summed E-state index contributed by atoms with van der Waals surface area (Å²) in [5, 5.41) is 2.45. The van der Waals surface area contributed by atoms with Crippen molar-refractivity contribution in [2.75, 3.05) is 0 Å².